The van der Waals surface area contributed by atoms with Gasteiger partial charge in [-0.2, -0.15) is 0 Å². The highest BCUT2D eigenvalue weighted by Crippen LogP contribution is 2.08. The molecule has 0 aromatic heterocycles. The van der Waals surface area contributed by atoms with E-state index in [2.05, 4.69) is 43.3 Å². The summed E-state index contributed by atoms with van der Waals surface area (Å²) in [5.74, 6) is 0. The molecule has 0 atom stereocenters. The predicted molar refractivity (Wildman–Crippen MR) is 55.1 cm³/mol. The average molecular weight is 160 g/mol. The number of aryl methyl sites for hydroxylation is 1. The molecule has 0 N–H and O–H groups in total. The summed E-state index contributed by atoms with van der Waals surface area (Å²) in [5, 5.41) is 0. The van der Waals surface area contributed by atoms with E-state index < -0.39 is 0 Å². The fourth-order valence-electron chi connectivity index (χ4n) is 1.33. The summed E-state index contributed by atoms with van der Waals surface area (Å²) >= 11 is 0. The van der Waals surface area contributed by atoms with Crippen LogP contribution in [-0.2, 0) is 6.42 Å². The summed E-state index contributed by atoms with van der Waals surface area (Å²) in [6, 6.07) is 8.71. The SMILES string of the molecule is C/C=C\c1cccc(CCC)c1. The molecule has 1 aromatic rings. The van der Waals surface area contributed by atoms with Crippen LogP contribution in [0.25, 0.3) is 6.08 Å². The summed E-state index contributed by atoms with van der Waals surface area (Å²) in [7, 11) is 0. The zero-order chi connectivity index (χ0) is 8.81. The number of hydrogen-bond donors (Lipinski definition) is 0. The maximum Gasteiger partial charge on any atom is -0.0257 e. The lowest BCUT2D eigenvalue weighted by atomic mass is 10.1. The molecule has 0 bridgehead atoms. The fourth-order valence-corrected chi connectivity index (χ4v) is 1.33. The Balaban J connectivity index is 2.80. The minimum atomic E-state index is 1.19. The molecule has 0 heteroatoms. The fraction of sp³-hybridized carbons (Fsp3) is 0.333. The second kappa shape index (κ2) is 4.76. The Hall–Kier alpha value is -1.04. The van der Waals surface area contributed by atoms with Crippen molar-refractivity contribution >= 4 is 6.08 Å². The van der Waals surface area contributed by atoms with E-state index in [0.29, 0.717) is 0 Å². The molecule has 0 saturated carbocycles. The van der Waals surface area contributed by atoms with Crippen molar-refractivity contribution in [2.75, 3.05) is 0 Å². The maximum absolute atomic E-state index is 2.25. The van der Waals surface area contributed by atoms with Gasteiger partial charge >= 0.3 is 0 Å². The van der Waals surface area contributed by atoms with Crippen LogP contribution in [0.2, 0.25) is 0 Å². The molecule has 0 spiro atoms. The molecule has 64 valence electrons. The number of hydrogen-bond acceptors (Lipinski definition) is 0. The highest BCUT2D eigenvalue weighted by Gasteiger charge is 1.90. The minimum Gasteiger partial charge on any atom is -0.0871 e. The Bertz CT molecular complexity index is 258. The molecule has 0 fully saturated rings. The Labute approximate surface area is 74.9 Å². The largest absolute Gasteiger partial charge is 0.0871 e. The van der Waals surface area contributed by atoms with Crippen LogP contribution in [0.3, 0.4) is 0 Å². The van der Waals surface area contributed by atoms with Crippen molar-refractivity contribution in [3.05, 3.63) is 41.5 Å². The predicted octanol–water partition coefficient (Wildman–Crippen LogP) is 3.67. The standard InChI is InChI=1S/C12H16/c1-3-6-11-8-5-9-12(10-11)7-4-2/h3,5-6,8-10H,4,7H2,1-2H3/b6-3-. The molecule has 0 aliphatic rings. The summed E-state index contributed by atoms with van der Waals surface area (Å²) in [6.07, 6.45) is 6.62. The van der Waals surface area contributed by atoms with Gasteiger partial charge in [-0.3, -0.25) is 0 Å². The topological polar surface area (TPSA) is 0 Å². The van der Waals surface area contributed by atoms with Crippen molar-refractivity contribution in [3.8, 4) is 0 Å². The first-order valence-corrected chi connectivity index (χ1v) is 4.58. The van der Waals surface area contributed by atoms with Gasteiger partial charge in [-0.05, 0) is 24.5 Å². The Kier molecular flexibility index (Phi) is 3.59. The van der Waals surface area contributed by atoms with Crippen molar-refractivity contribution in [1.29, 1.82) is 0 Å². The monoisotopic (exact) mass is 160 g/mol. The first kappa shape index (κ1) is 9.05. The van der Waals surface area contributed by atoms with Crippen molar-refractivity contribution in [2.24, 2.45) is 0 Å². The van der Waals surface area contributed by atoms with E-state index in [9.17, 15) is 0 Å². The molecular weight excluding hydrogens is 144 g/mol. The van der Waals surface area contributed by atoms with Crippen molar-refractivity contribution in [1.82, 2.24) is 0 Å². The van der Waals surface area contributed by atoms with Crippen LogP contribution in [0.5, 0.6) is 0 Å². The van der Waals surface area contributed by atoms with Crippen LogP contribution in [0, 0.1) is 0 Å². The van der Waals surface area contributed by atoms with Gasteiger partial charge in [-0.1, -0.05) is 49.8 Å². The van der Waals surface area contributed by atoms with Crippen LogP contribution in [0.15, 0.2) is 30.3 Å². The van der Waals surface area contributed by atoms with E-state index in [0.717, 1.165) is 0 Å². The van der Waals surface area contributed by atoms with Crippen LogP contribution in [0.4, 0.5) is 0 Å². The molecule has 1 rings (SSSR count). The van der Waals surface area contributed by atoms with Gasteiger partial charge in [0.1, 0.15) is 0 Å². The molecule has 0 amide bonds. The lowest BCUT2D eigenvalue weighted by molar-refractivity contribution is 0.921. The third-order valence-electron chi connectivity index (χ3n) is 1.85. The summed E-state index contributed by atoms with van der Waals surface area (Å²) in [4.78, 5) is 0. The lowest BCUT2D eigenvalue weighted by Gasteiger charge is -1.99. The molecule has 0 radical (unpaired) electrons. The van der Waals surface area contributed by atoms with Gasteiger partial charge in [-0.25, -0.2) is 0 Å². The molecule has 0 aliphatic heterocycles. The first-order valence-electron chi connectivity index (χ1n) is 4.58. The normalized spacial score (nSPS) is 10.8. The molecular formula is C12H16. The van der Waals surface area contributed by atoms with Gasteiger partial charge in [0.2, 0.25) is 0 Å². The summed E-state index contributed by atoms with van der Waals surface area (Å²) < 4.78 is 0. The number of benzene rings is 1. The van der Waals surface area contributed by atoms with Crippen molar-refractivity contribution in [2.45, 2.75) is 26.7 Å². The highest BCUT2D eigenvalue weighted by atomic mass is 14.0. The third kappa shape index (κ3) is 2.54. The lowest BCUT2D eigenvalue weighted by Crippen LogP contribution is -1.82. The van der Waals surface area contributed by atoms with Crippen LogP contribution < -0.4 is 0 Å². The molecule has 0 aliphatic carbocycles. The van der Waals surface area contributed by atoms with E-state index >= 15 is 0 Å². The second-order valence-corrected chi connectivity index (χ2v) is 3.00. The molecule has 0 heterocycles. The van der Waals surface area contributed by atoms with Gasteiger partial charge in [-0.15, -0.1) is 0 Å². The maximum atomic E-state index is 2.25. The Morgan fingerprint density at radius 2 is 2.17 bits per heavy atom. The molecule has 0 nitrogen and oxygen atoms in total. The summed E-state index contributed by atoms with van der Waals surface area (Å²) in [6.45, 7) is 4.26. The number of rotatable bonds is 3. The van der Waals surface area contributed by atoms with E-state index in [1.165, 1.54) is 24.0 Å². The third-order valence-corrected chi connectivity index (χ3v) is 1.85. The van der Waals surface area contributed by atoms with Crippen molar-refractivity contribution < 1.29 is 0 Å². The Morgan fingerprint density at radius 1 is 1.33 bits per heavy atom. The summed E-state index contributed by atoms with van der Waals surface area (Å²) in [5.41, 5.74) is 2.75. The molecule has 0 saturated heterocycles. The number of allylic oxidation sites excluding steroid dienone is 1. The first-order chi connectivity index (χ1) is 5.86. The van der Waals surface area contributed by atoms with E-state index in [4.69, 9.17) is 0 Å². The molecule has 1 aromatic carbocycles. The van der Waals surface area contributed by atoms with Gasteiger partial charge in [0.25, 0.3) is 0 Å². The Morgan fingerprint density at radius 3 is 2.83 bits per heavy atom. The van der Waals surface area contributed by atoms with Gasteiger partial charge < -0.3 is 0 Å². The van der Waals surface area contributed by atoms with Gasteiger partial charge in [0.15, 0.2) is 0 Å². The van der Waals surface area contributed by atoms with Crippen LogP contribution >= 0.6 is 0 Å². The van der Waals surface area contributed by atoms with Crippen LogP contribution in [-0.4, -0.2) is 0 Å². The second-order valence-electron chi connectivity index (χ2n) is 3.00. The quantitative estimate of drug-likeness (QED) is 0.633. The molecule has 12 heavy (non-hydrogen) atoms. The highest BCUT2D eigenvalue weighted by molar-refractivity contribution is 5.49. The smallest absolute Gasteiger partial charge is 0.0257 e. The van der Waals surface area contributed by atoms with Crippen molar-refractivity contribution in [3.63, 3.8) is 0 Å². The minimum absolute atomic E-state index is 1.19. The van der Waals surface area contributed by atoms with E-state index in [-0.39, 0.29) is 0 Å². The average Bonchev–Trinajstić information content (AvgIpc) is 2.06. The van der Waals surface area contributed by atoms with E-state index in [1.807, 2.05) is 6.92 Å². The zero-order valence-electron chi connectivity index (χ0n) is 7.88. The van der Waals surface area contributed by atoms with Crippen LogP contribution in [0.1, 0.15) is 31.4 Å². The van der Waals surface area contributed by atoms with Gasteiger partial charge in [0, 0.05) is 0 Å². The molecule has 0 unspecified atom stereocenters. The van der Waals surface area contributed by atoms with Gasteiger partial charge in [0.05, 0.1) is 0 Å². The van der Waals surface area contributed by atoms with E-state index in [1.54, 1.807) is 0 Å². The zero-order valence-corrected chi connectivity index (χ0v) is 7.88.